The van der Waals surface area contributed by atoms with E-state index in [9.17, 15) is 4.79 Å². The van der Waals surface area contributed by atoms with Gasteiger partial charge in [0.25, 0.3) is 0 Å². The minimum atomic E-state index is 0.0281. The first-order chi connectivity index (χ1) is 10.1. The van der Waals surface area contributed by atoms with Crippen LogP contribution < -0.4 is 5.32 Å². The van der Waals surface area contributed by atoms with Crippen LogP contribution in [-0.4, -0.2) is 23.2 Å². The second kappa shape index (κ2) is 8.63. The summed E-state index contributed by atoms with van der Waals surface area (Å²) >= 11 is 15.0. The van der Waals surface area contributed by atoms with Gasteiger partial charge in [0.2, 0.25) is 5.91 Å². The van der Waals surface area contributed by atoms with E-state index in [1.165, 1.54) is 11.8 Å². The molecule has 3 nitrogen and oxygen atoms in total. The molecule has 1 amide bonds. The third-order valence-corrected chi connectivity index (χ3v) is 4.90. The Kier molecular flexibility index (Phi) is 6.83. The summed E-state index contributed by atoms with van der Waals surface area (Å²) in [5.74, 6) is 1.13. The summed E-state index contributed by atoms with van der Waals surface area (Å²) in [4.78, 5) is 15.9. The van der Waals surface area contributed by atoms with Crippen molar-refractivity contribution in [3.05, 3.63) is 50.4 Å². The van der Waals surface area contributed by atoms with Crippen LogP contribution in [0.1, 0.15) is 11.3 Å². The van der Waals surface area contributed by atoms with E-state index in [0.717, 1.165) is 17.7 Å². The quantitative estimate of drug-likeness (QED) is 0.809. The number of hydrogen-bond acceptors (Lipinski definition) is 4. The minimum Gasteiger partial charge on any atom is -0.355 e. The molecule has 1 heterocycles. The van der Waals surface area contributed by atoms with E-state index in [1.54, 1.807) is 29.0 Å². The van der Waals surface area contributed by atoms with Crippen LogP contribution in [0.2, 0.25) is 10.0 Å². The number of carbonyl (C=O) groups is 1. The lowest BCUT2D eigenvalue weighted by atomic mass is 10.2. The SMILES string of the molecule is O=C(CSCc1ccc(Cl)cc1Cl)NCCc1cscn1. The second-order valence-electron chi connectivity index (χ2n) is 4.31. The zero-order valence-electron chi connectivity index (χ0n) is 11.1. The van der Waals surface area contributed by atoms with Gasteiger partial charge in [-0.3, -0.25) is 4.79 Å². The van der Waals surface area contributed by atoms with E-state index in [0.29, 0.717) is 28.1 Å². The zero-order valence-corrected chi connectivity index (χ0v) is 14.3. The predicted octanol–water partition coefficient (Wildman–Crippen LogP) is 4.04. The minimum absolute atomic E-state index is 0.0281. The normalized spacial score (nSPS) is 10.6. The van der Waals surface area contributed by atoms with E-state index in [2.05, 4.69) is 10.3 Å². The van der Waals surface area contributed by atoms with Crippen molar-refractivity contribution in [2.75, 3.05) is 12.3 Å². The molecule has 1 aromatic carbocycles. The van der Waals surface area contributed by atoms with Crippen LogP contribution in [-0.2, 0) is 17.0 Å². The Morgan fingerprint density at radius 2 is 2.24 bits per heavy atom. The van der Waals surface area contributed by atoms with E-state index >= 15 is 0 Å². The van der Waals surface area contributed by atoms with Crippen molar-refractivity contribution in [3.63, 3.8) is 0 Å². The molecule has 0 saturated carbocycles. The molecule has 1 aromatic heterocycles. The predicted molar refractivity (Wildman–Crippen MR) is 91.5 cm³/mol. The molecule has 0 spiro atoms. The van der Waals surface area contributed by atoms with Gasteiger partial charge in [-0.2, -0.15) is 0 Å². The van der Waals surface area contributed by atoms with Gasteiger partial charge in [0.15, 0.2) is 0 Å². The topological polar surface area (TPSA) is 42.0 Å². The molecule has 2 rings (SSSR count). The molecule has 0 radical (unpaired) electrons. The largest absolute Gasteiger partial charge is 0.355 e. The van der Waals surface area contributed by atoms with Gasteiger partial charge in [0.05, 0.1) is 17.0 Å². The number of halogens is 2. The third-order valence-electron chi connectivity index (χ3n) is 2.69. The number of nitrogens with zero attached hydrogens (tertiary/aromatic N) is 1. The first kappa shape index (κ1) is 16.6. The molecule has 21 heavy (non-hydrogen) atoms. The van der Waals surface area contributed by atoms with Crippen molar-refractivity contribution in [1.29, 1.82) is 0 Å². The molecule has 0 aliphatic carbocycles. The molecular weight excluding hydrogens is 347 g/mol. The molecule has 0 atom stereocenters. The number of nitrogens with one attached hydrogen (secondary N) is 1. The van der Waals surface area contributed by atoms with Gasteiger partial charge in [0.1, 0.15) is 0 Å². The summed E-state index contributed by atoms with van der Waals surface area (Å²) in [6, 6.07) is 5.40. The van der Waals surface area contributed by atoms with Crippen LogP contribution in [0.4, 0.5) is 0 Å². The third kappa shape index (κ3) is 5.87. The lowest BCUT2D eigenvalue weighted by Gasteiger charge is -2.06. The molecule has 1 N–H and O–H groups in total. The van der Waals surface area contributed by atoms with Crippen molar-refractivity contribution in [1.82, 2.24) is 10.3 Å². The first-order valence-electron chi connectivity index (χ1n) is 6.30. The molecule has 0 fully saturated rings. The number of rotatable bonds is 7. The number of benzene rings is 1. The molecule has 112 valence electrons. The summed E-state index contributed by atoms with van der Waals surface area (Å²) in [7, 11) is 0. The Bertz CT molecular complexity index is 591. The van der Waals surface area contributed by atoms with E-state index in [-0.39, 0.29) is 5.91 Å². The molecule has 0 aliphatic rings. The summed E-state index contributed by atoms with van der Waals surface area (Å²) in [6.45, 7) is 0.616. The Morgan fingerprint density at radius 3 is 2.95 bits per heavy atom. The molecule has 7 heteroatoms. The van der Waals surface area contributed by atoms with Crippen LogP contribution in [0, 0.1) is 0 Å². The highest BCUT2D eigenvalue weighted by atomic mass is 35.5. The molecular formula is C14H14Cl2N2OS2. The monoisotopic (exact) mass is 360 g/mol. The van der Waals surface area contributed by atoms with Crippen molar-refractivity contribution in [2.45, 2.75) is 12.2 Å². The molecule has 0 saturated heterocycles. The summed E-state index contributed by atoms with van der Waals surface area (Å²) < 4.78 is 0. The number of thiazole rings is 1. The van der Waals surface area contributed by atoms with Gasteiger partial charge in [-0.05, 0) is 17.7 Å². The fourth-order valence-corrected chi connectivity index (χ4v) is 3.64. The highest BCUT2D eigenvalue weighted by molar-refractivity contribution is 7.99. The smallest absolute Gasteiger partial charge is 0.230 e. The highest BCUT2D eigenvalue weighted by Gasteiger charge is 2.05. The van der Waals surface area contributed by atoms with Crippen LogP contribution in [0.5, 0.6) is 0 Å². The lowest BCUT2D eigenvalue weighted by molar-refractivity contribution is -0.118. The Hall–Kier alpha value is -0.750. The Balaban J connectivity index is 1.64. The molecule has 0 aliphatic heterocycles. The maximum atomic E-state index is 11.7. The highest BCUT2D eigenvalue weighted by Crippen LogP contribution is 2.24. The fourth-order valence-electron chi connectivity index (χ4n) is 1.63. The van der Waals surface area contributed by atoms with Crippen molar-refractivity contribution >= 4 is 52.2 Å². The number of aromatic nitrogens is 1. The average molecular weight is 361 g/mol. The molecule has 2 aromatic rings. The lowest BCUT2D eigenvalue weighted by Crippen LogP contribution is -2.27. The van der Waals surface area contributed by atoms with Crippen LogP contribution in [0.15, 0.2) is 29.1 Å². The van der Waals surface area contributed by atoms with Gasteiger partial charge < -0.3 is 5.32 Å². The average Bonchev–Trinajstić information content (AvgIpc) is 2.94. The first-order valence-corrected chi connectivity index (χ1v) is 9.16. The summed E-state index contributed by atoms with van der Waals surface area (Å²) in [6.07, 6.45) is 0.767. The van der Waals surface area contributed by atoms with E-state index in [1.807, 2.05) is 11.4 Å². The van der Waals surface area contributed by atoms with Crippen molar-refractivity contribution < 1.29 is 4.79 Å². The van der Waals surface area contributed by atoms with Crippen molar-refractivity contribution in [3.8, 4) is 0 Å². The van der Waals surface area contributed by atoms with Gasteiger partial charge in [0, 0.05) is 34.1 Å². The van der Waals surface area contributed by atoms with Gasteiger partial charge >= 0.3 is 0 Å². The Morgan fingerprint density at radius 1 is 1.38 bits per heavy atom. The van der Waals surface area contributed by atoms with Gasteiger partial charge in [-0.15, -0.1) is 23.1 Å². The standard InChI is InChI=1S/C14H14Cl2N2OS2/c15-11-2-1-10(13(16)5-11)6-20-8-14(19)17-4-3-12-7-21-9-18-12/h1-2,5,7,9H,3-4,6,8H2,(H,17,19). The number of thioether (sulfide) groups is 1. The molecule has 0 unspecified atom stereocenters. The molecule has 0 bridgehead atoms. The van der Waals surface area contributed by atoms with Crippen molar-refractivity contribution in [2.24, 2.45) is 0 Å². The number of hydrogen-bond donors (Lipinski definition) is 1. The van der Waals surface area contributed by atoms with Gasteiger partial charge in [-0.25, -0.2) is 4.98 Å². The van der Waals surface area contributed by atoms with E-state index < -0.39 is 0 Å². The summed E-state index contributed by atoms with van der Waals surface area (Å²) in [5.41, 5.74) is 3.80. The van der Waals surface area contributed by atoms with Crippen LogP contribution >= 0.6 is 46.3 Å². The zero-order chi connectivity index (χ0) is 15.1. The van der Waals surface area contributed by atoms with E-state index in [4.69, 9.17) is 23.2 Å². The number of amides is 1. The number of carbonyl (C=O) groups excluding carboxylic acids is 1. The maximum absolute atomic E-state index is 11.7. The Labute approximate surface area is 142 Å². The van der Waals surface area contributed by atoms with Crippen LogP contribution in [0.3, 0.4) is 0 Å². The fraction of sp³-hybridized carbons (Fsp3) is 0.286. The maximum Gasteiger partial charge on any atom is 0.230 e. The summed E-state index contributed by atoms with van der Waals surface area (Å²) in [5, 5.41) is 6.13. The second-order valence-corrected chi connectivity index (χ2v) is 6.86. The van der Waals surface area contributed by atoms with Gasteiger partial charge in [-0.1, -0.05) is 29.3 Å². The van der Waals surface area contributed by atoms with Crippen LogP contribution in [0.25, 0.3) is 0 Å².